The van der Waals surface area contributed by atoms with Crippen LogP contribution in [0.15, 0.2) is 6.07 Å². The van der Waals surface area contributed by atoms with E-state index in [4.69, 9.17) is 5.26 Å². The first kappa shape index (κ1) is 13.0. The molecule has 1 heterocycles. The Morgan fingerprint density at radius 1 is 1.65 bits per heavy atom. The molecule has 0 radical (unpaired) electrons. The van der Waals surface area contributed by atoms with Crippen molar-refractivity contribution in [3.63, 3.8) is 0 Å². The maximum Gasteiger partial charge on any atom is 0.310 e. The molecular weight excluding hydrogens is 230 g/mol. The lowest BCUT2D eigenvalue weighted by Gasteiger charge is -2.08. The molecule has 0 saturated carbocycles. The van der Waals surface area contributed by atoms with Gasteiger partial charge in [0.1, 0.15) is 17.5 Å². The molecule has 1 aromatic rings. The number of methoxy groups -OCH3 is 1. The van der Waals surface area contributed by atoms with E-state index in [-0.39, 0.29) is 12.1 Å². The van der Waals surface area contributed by atoms with Gasteiger partial charge in [0.15, 0.2) is 0 Å². The van der Waals surface area contributed by atoms with Gasteiger partial charge >= 0.3 is 5.97 Å². The van der Waals surface area contributed by atoms with Crippen LogP contribution in [0.2, 0.25) is 0 Å². The van der Waals surface area contributed by atoms with Gasteiger partial charge in [-0.15, -0.1) is 0 Å². The van der Waals surface area contributed by atoms with Gasteiger partial charge in [-0.05, 0) is 18.6 Å². The molecule has 0 aliphatic carbocycles. The van der Waals surface area contributed by atoms with Gasteiger partial charge in [-0.2, -0.15) is 5.26 Å². The Morgan fingerprint density at radius 3 is 2.76 bits per heavy atom. The Bertz CT molecular complexity index is 481. The van der Waals surface area contributed by atoms with Crippen molar-refractivity contribution in [3.05, 3.63) is 28.6 Å². The number of hydrogen-bond donors (Lipinski definition) is 0. The third-order valence-corrected chi connectivity index (χ3v) is 2.25. The van der Waals surface area contributed by atoms with E-state index in [2.05, 4.69) is 9.72 Å². The molecule has 1 aromatic heterocycles. The summed E-state index contributed by atoms with van der Waals surface area (Å²) in [4.78, 5) is 14.6. The molecule has 0 bridgehead atoms. The Balaban J connectivity index is 3.22. The van der Waals surface area contributed by atoms with Crippen molar-refractivity contribution >= 4 is 5.97 Å². The van der Waals surface area contributed by atoms with Gasteiger partial charge in [0.05, 0.1) is 13.5 Å². The Labute approximate surface area is 96.8 Å². The SMILES string of the molecule is COC(=O)Cc1c(C)cc(C(F)F)nc1C#N. The van der Waals surface area contributed by atoms with Crippen LogP contribution in [0.4, 0.5) is 8.78 Å². The number of aryl methyl sites for hydroxylation is 1. The molecular formula is C11H10F2N2O2. The summed E-state index contributed by atoms with van der Waals surface area (Å²) in [5, 5.41) is 8.83. The number of carbonyl (C=O) groups is 1. The highest BCUT2D eigenvalue weighted by Crippen LogP contribution is 2.22. The fraction of sp³-hybridized carbons (Fsp3) is 0.364. The lowest BCUT2D eigenvalue weighted by molar-refractivity contribution is -0.139. The minimum Gasteiger partial charge on any atom is -0.469 e. The maximum atomic E-state index is 12.5. The third-order valence-electron chi connectivity index (χ3n) is 2.25. The van der Waals surface area contributed by atoms with E-state index in [1.165, 1.54) is 13.2 Å². The van der Waals surface area contributed by atoms with Crippen molar-refractivity contribution in [3.8, 4) is 6.07 Å². The Morgan fingerprint density at radius 2 is 2.29 bits per heavy atom. The number of pyridine rings is 1. The van der Waals surface area contributed by atoms with Gasteiger partial charge in [-0.3, -0.25) is 4.79 Å². The Hall–Kier alpha value is -2.03. The molecule has 17 heavy (non-hydrogen) atoms. The number of carbonyl (C=O) groups excluding carboxylic acids is 1. The third kappa shape index (κ3) is 2.97. The van der Waals surface area contributed by atoms with Crippen molar-refractivity contribution in [1.29, 1.82) is 5.26 Å². The smallest absolute Gasteiger partial charge is 0.310 e. The minimum absolute atomic E-state index is 0.151. The van der Waals surface area contributed by atoms with E-state index in [1.807, 2.05) is 0 Å². The van der Waals surface area contributed by atoms with Crippen molar-refractivity contribution in [2.45, 2.75) is 19.8 Å². The summed E-state index contributed by atoms with van der Waals surface area (Å²) in [5.41, 5.74) is 0.124. The number of nitriles is 1. The van der Waals surface area contributed by atoms with Gasteiger partial charge in [0.2, 0.25) is 0 Å². The molecule has 0 saturated heterocycles. The van der Waals surface area contributed by atoms with Crippen LogP contribution in [-0.2, 0) is 16.0 Å². The maximum absolute atomic E-state index is 12.5. The van der Waals surface area contributed by atoms with E-state index in [9.17, 15) is 13.6 Å². The second-order valence-electron chi connectivity index (χ2n) is 3.36. The average molecular weight is 240 g/mol. The number of halogens is 2. The number of ether oxygens (including phenoxy) is 1. The summed E-state index contributed by atoms with van der Waals surface area (Å²) in [5.74, 6) is -0.545. The van der Waals surface area contributed by atoms with Gasteiger partial charge < -0.3 is 4.74 Å². The number of esters is 1. The van der Waals surface area contributed by atoms with E-state index >= 15 is 0 Å². The summed E-state index contributed by atoms with van der Waals surface area (Å²) >= 11 is 0. The van der Waals surface area contributed by atoms with Gasteiger partial charge in [-0.25, -0.2) is 13.8 Å². The van der Waals surface area contributed by atoms with E-state index in [0.29, 0.717) is 11.1 Å². The zero-order valence-electron chi connectivity index (χ0n) is 9.33. The number of rotatable bonds is 3. The summed E-state index contributed by atoms with van der Waals surface area (Å²) in [6.07, 6.45) is -2.89. The van der Waals surface area contributed by atoms with E-state index < -0.39 is 18.1 Å². The fourth-order valence-electron chi connectivity index (χ4n) is 1.37. The van der Waals surface area contributed by atoms with Crippen LogP contribution in [-0.4, -0.2) is 18.1 Å². The molecule has 6 heteroatoms. The molecule has 90 valence electrons. The largest absolute Gasteiger partial charge is 0.469 e. The monoisotopic (exact) mass is 240 g/mol. The highest BCUT2D eigenvalue weighted by atomic mass is 19.3. The normalized spacial score (nSPS) is 10.1. The van der Waals surface area contributed by atoms with Crippen LogP contribution in [0, 0.1) is 18.3 Å². The van der Waals surface area contributed by atoms with Gasteiger partial charge in [0, 0.05) is 5.56 Å². The summed E-state index contributed by atoms with van der Waals surface area (Å²) in [6, 6.07) is 2.88. The molecule has 0 aromatic carbocycles. The van der Waals surface area contributed by atoms with Crippen molar-refractivity contribution in [1.82, 2.24) is 4.98 Å². The minimum atomic E-state index is -2.74. The second kappa shape index (κ2) is 5.34. The lowest BCUT2D eigenvalue weighted by atomic mass is 10.0. The summed E-state index contributed by atoms with van der Waals surface area (Å²) in [7, 11) is 1.21. The summed E-state index contributed by atoms with van der Waals surface area (Å²) < 4.78 is 29.4. The van der Waals surface area contributed by atoms with Crippen molar-refractivity contribution < 1.29 is 18.3 Å². The Kier molecular flexibility index (Phi) is 4.10. The molecule has 0 spiro atoms. The predicted octanol–water partition coefficient (Wildman–Crippen LogP) is 1.91. The average Bonchev–Trinajstić information content (AvgIpc) is 2.30. The molecule has 0 amide bonds. The van der Waals surface area contributed by atoms with E-state index in [0.717, 1.165) is 0 Å². The van der Waals surface area contributed by atoms with Crippen LogP contribution in [0.25, 0.3) is 0 Å². The standard InChI is InChI=1S/C11H10F2N2O2/c1-6-3-8(11(12)13)15-9(5-14)7(6)4-10(16)17-2/h3,11H,4H2,1-2H3. The first-order chi connectivity index (χ1) is 7.99. The summed E-state index contributed by atoms with van der Waals surface area (Å²) in [6.45, 7) is 1.55. The molecule has 0 fully saturated rings. The first-order valence-electron chi connectivity index (χ1n) is 4.75. The van der Waals surface area contributed by atoms with Crippen LogP contribution < -0.4 is 0 Å². The van der Waals surface area contributed by atoms with Crippen LogP contribution >= 0.6 is 0 Å². The number of nitrogens with zero attached hydrogens (tertiary/aromatic N) is 2. The molecule has 1 rings (SSSR count). The van der Waals surface area contributed by atoms with Crippen molar-refractivity contribution in [2.24, 2.45) is 0 Å². The first-order valence-corrected chi connectivity index (χ1v) is 4.75. The highest BCUT2D eigenvalue weighted by molar-refractivity contribution is 5.73. The van der Waals surface area contributed by atoms with Gasteiger partial charge in [0.25, 0.3) is 6.43 Å². The molecule has 0 atom stereocenters. The number of alkyl halides is 2. The van der Waals surface area contributed by atoms with Crippen LogP contribution in [0.3, 0.4) is 0 Å². The van der Waals surface area contributed by atoms with Crippen LogP contribution in [0.5, 0.6) is 0 Å². The molecule has 0 unspecified atom stereocenters. The van der Waals surface area contributed by atoms with Crippen LogP contribution in [0.1, 0.15) is 28.9 Å². The van der Waals surface area contributed by atoms with Crippen molar-refractivity contribution in [2.75, 3.05) is 7.11 Å². The zero-order valence-corrected chi connectivity index (χ0v) is 9.33. The van der Waals surface area contributed by atoms with E-state index in [1.54, 1.807) is 13.0 Å². The zero-order chi connectivity index (χ0) is 13.0. The molecule has 4 nitrogen and oxygen atoms in total. The second-order valence-corrected chi connectivity index (χ2v) is 3.36. The topological polar surface area (TPSA) is 63.0 Å². The quantitative estimate of drug-likeness (QED) is 0.757. The number of aromatic nitrogens is 1. The number of hydrogen-bond acceptors (Lipinski definition) is 4. The lowest BCUT2D eigenvalue weighted by Crippen LogP contribution is -2.10. The molecule has 0 aliphatic rings. The predicted molar refractivity (Wildman–Crippen MR) is 54.4 cm³/mol. The van der Waals surface area contributed by atoms with Gasteiger partial charge in [-0.1, -0.05) is 0 Å². The molecule has 0 N–H and O–H groups in total. The highest BCUT2D eigenvalue weighted by Gasteiger charge is 2.17. The fourth-order valence-corrected chi connectivity index (χ4v) is 1.37. The molecule has 0 aliphatic heterocycles.